The molecule has 2 atom stereocenters. The van der Waals surface area contributed by atoms with Gasteiger partial charge >= 0.3 is 5.97 Å². The number of fused-ring (bicyclic) bond motifs is 1. The molecule has 0 bridgehead atoms. The third kappa shape index (κ3) is 3.83. The average molecular weight is 333 g/mol. The molecule has 5 heteroatoms. The van der Waals surface area contributed by atoms with E-state index in [0.29, 0.717) is 35.6 Å². The summed E-state index contributed by atoms with van der Waals surface area (Å²) >= 11 is 0. The lowest BCUT2D eigenvalue weighted by Gasteiger charge is -2.44. The van der Waals surface area contributed by atoms with Crippen molar-refractivity contribution in [3.8, 4) is 11.5 Å². The minimum Gasteiger partial charge on any atom is -0.497 e. The van der Waals surface area contributed by atoms with Crippen molar-refractivity contribution >= 4 is 5.97 Å². The summed E-state index contributed by atoms with van der Waals surface area (Å²) in [6.45, 7) is 2.89. The molecule has 2 fully saturated rings. The number of piperidine rings is 2. The number of hydrogen-bond donors (Lipinski definition) is 0. The van der Waals surface area contributed by atoms with Crippen LogP contribution in [0.3, 0.4) is 0 Å². The molecule has 2 unspecified atom stereocenters. The number of carbonyl (C=O) groups is 1. The van der Waals surface area contributed by atoms with Crippen LogP contribution in [0.2, 0.25) is 0 Å². The van der Waals surface area contributed by atoms with Gasteiger partial charge in [0.05, 0.1) is 26.4 Å². The van der Waals surface area contributed by atoms with Crippen LogP contribution in [0, 0.1) is 5.92 Å². The highest BCUT2D eigenvalue weighted by atomic mass is 16.5. The monoisotopic (exact) mass is 333 g/mol. The molecule has 0 radical (unpaired) electrons. The van der Waals surface area contributed by atoms with E-state index in [1.54, 1.807) is 32.4 Å². The first-order valence-electron chi connectivity index (χ1n) is 8.85. The van der Waals surface area contributed by atoms with Crippen LogP contribution in [0.25, 0.3) is 0 Å². The molecule has 1 aromatic carbocycles. The fourth-order valence-electron chi connectivity index (χ4n) is 3.96. The van der Waals surface area contributed by atoms with Gasteiger partial charge in [-0.1, -0.05) is 6.42 Å². The number of carbonyl (C=O) groups excluding carboxylic acids is 1. The summed E-state index contributed by atoms with van der Waals surface area (Å²) in [6.07, 6.45) is 6.17. The number of nitrogens with zero attached hydrogens (tertiary/aromatic N) is 1. The highest BCUT2D eigenvalue weighted by Crippen LogP contribution is 2.31. The maximum atomic E-state index is 12.4. The second kappa shape index (κ2) is 7.88. The molecule has 2 aliphatic heterocycles. The van der Waals surface area contributed by atoms with E-state index in [4.69, 9.17) is 14.2 Å². The standard InChI is InChI=1S/C19H27NO4/c1-22-16-10-15(11-17(12-16)23-2)19(21)24-13-14-6-5-9-20-8-4-3-7-18(14)20/h10-12,14,18H,3-9,13H2,1-2H3. The Morgan fingerprint density at radius 2 is 1.75 bits per heavy atom. The molecule has 0 amide bonds. The maximum absolute atomic E-state index is 12.4. The van der Waals surface area contributed by atoms with Gasteiger partial charge in [0.2, 0.25) is 0 Å². The van der Waals surface area contributed by atoms with Gasteiger partial charge in [0, 0.05) is 18.0 Å². The van der Waals surface area contributed by atoms with Gasteiger partial charge in [-0.25, -0.2) is 4.79 Å². The van der Waals surface area contributed by atoms with Crippen molar-refractivity contribution in [2.45, 2.75) is 38.1 Å². The predicted octanol–water partition coefficient (Wildman–Crippen LogP) is 3.13. The summed E-state index contributed by atoms with van der Waals surface area (Å²) in [6, 6.07) is 5.72. The normalized spacial score (nSPS) is 24.1. The van der Waals surface area contributed by atoms with E-state index in [1.807, 2.05) is 0 Å². The Kier molecular flexibility index (Phi) is 5.61. The summed E-state index contributed by atoms with van der Waals surface area (Å²) < 4.78 is 16.1. The van der Waals surface area contributed by atoms with Gasteiger partial charge in [-0.05, 0) is 50.9 Å². The predicted molar refractivity (Wildman–Crippen MR) is 91.8 cm³/mol. The van der Waals surface area contributed by atoms with Gasteiger partial charge < -0.3 is 14.2 Å². The Bertz CT molecular complexity index is 550. The first kappa shape index (κ1) is 17.1. The zero-order valence-electron chi connectivity index (χ0n) is 14.6. The van der Waals surface area contributed by atoms with Gasteiger partial charge in [0.15, 0.2) is 0 Å². The number of methoxy groups -OCH3 is 2. The van der Waals surface area contributed by atoms with Gasteiger partial charge in [0.1, 0.15) is 11.5 Å². The molecule has 0 aromatic heterocycles. The van der Waals surface area contributed by atoms with Crippen molar-refractivity contribution < 1.29 is 19.0 Å². The fourth-order valence-corrected chi connectivity index (χ4v) is 3.96. The Hall–Kier alpha value is -1.75. The molecular weight excluding hydrogens is 306 g/mol. The van der Waals surface area contributed by atoms with Crippen LogP contribution in [-0.4, -0.2) is 50.8 Å². The van der Waals surface area contributed by atoms with E-state index in [0.717, 1.165) is 6.42 Å². The lowest BCUT2D eigenvalue weighted by Crippen LogP contribution is -2.49. The zero-order valence-corrected chi connectivity index (χ0v) is 14.6. The first-order chi connectivity index (χ1) is 11.7. The Labute approximate surface area is 143 Å². The van der Waals surface area contributed by atoms with Crippen LogP contribution in [0.5, 0.6) is 11.5 Å². The van der Waals surface area contributed by atoms with Crippen molar-refractivity contribution in [1.29, 1.82) is 0 Å². The third-order valence-electron chi connectivity index (χ3n) is 5.24. The van der Waals surface area contributed by atoms with E-state index in [9.17, 15) is 4.79 Å². The van der Waals surface area contributed by atoms with Crippen LogP contribution in [0.4, 0.5) is 0 Å². The molecular formula is C19H27NO4. The molecule has 2 aliphatic rings. The third-order valence-corrected chi connectivity index (χ3v) is 5.24. The largest absolute Gasteiger partial charge is 0.497 e. The summed E-state index contributed by atoms with van der Waals surface area (Å²) in [7, 11) is 3.15. The Morgan fingerprint density at radius 3 is 2.46 bits per heavy atom. The summed E-state index contributed by atoms with van der Waals surface area (Å²) in [4.78, 5) is 15.0. The Morgan fingerprint density at radius 1 is 1.04 bits per heavy atom. The van der Waals surface area contributed by atoms with Gasteiger partial charge in [-0.2, -0.15) is 0 Å². The molecule has 24 heavy (non-hydrogen) atoms. The second-order valence-electron chi connectivity index (χ2n) is 6.70. The molecule has 0 aliphatic carbocycles. The van der Waals surface area contributed by atoms with E-state index in [2.05, 4.69) is 4.90 Å². The van der Waals surface area contributed by atoms with Crippen molar-refractivity contribution in [1.82, 2.24) is 4.90 Å². The SMILES string of the molecule is COc1cc(OC)cc(C(=O)OCC2CCCN3CCCCC23)c1. The zero-order chi connectivity index (χ0) is 16.9. The van der Waals surface area contributed by atoms with Crippen LogP contribution >= 0.6 is 0 Å². The fraction of sp³-hybridized carbons (Fsp3) is 0.632. The van der Waals surface area contributed by atoms with Crippen LogP contribution < -0.4 is 9.47 Å². The molecule has 2 saturated heterocycles. The average Bonchev–Trinajstić information content (AvgIpc) is 2.65. The summed E-state index contributed by atoms with van der Waals surface area (Å²) in [5, 5.41) is 0. The van der Waals surface area contributed by atoms with E-state index in [-0.39, 0.29) is 5.97 Å². The minimum atomic E-state index is -0.305. The number of ether oxygens (including phenoxy) is 3. The smallest absolute Gasteiger partial charge is 0.338 e. The van der Waals surface area contributed by atoms with E-state index in [1.165, 1.54) is 38.8 Å². The molecule has 5 nitrogen and oxygen atoms in total. The van der Waals surface area contributed by atoms with Gasteiger partial charge in [-0.3, -0.25) is 4.90 Å². The first-order valence-corrected chi connectivity index (χ1v) is 8.85. The van der Waals surface area contributed by atoms with Crippen LogP contribution in [0.1, 0.15) is 42.5 Å². The highest BCUT2D eigenvalue weighted by molar-refractivity contribution is 5.90. The van der Waals surface area contributed by atoms with Crippen LogP contribution in [0.15, 0.2) is 18.2 Å². The lowest BCUT2D eigenvalue weighted by atomic mass is 9.84. The van der Waals surface area contributed by atoms with Crippen molar-refractivity contribution in [3.63, 3.8) is 0 Å². The molecule has 1 aromatic rings. The van der Waals surface area contributed by atoms with Gasteiger partial charge in [0.25, 0.3) is 0 Å². The molecule has 0 N–H and O–H groups in total. The molecule has 2 heterocycles. The lowest BCUT2D eigenvalue weighted by molar-refractivity contribution is 0.00735. The highest BCUT2D eigenvalue weighted by Gasteiger charge is 2.33. The quantitative estimate of drug-likeness (QED) is 0.775. The van der Waals surface area contributed by atoms with Gasteiger partial charge in [-0.15, -0.1) is 0 Å². The molecule has 132 valence electrons. The van der Waals surface area contributed by atoms with Crippen LogP contribution in [-0.2, 0) is 4.74 Å². The molecule has 0 spiro atoms. The van der Waals surface area contributed by atoms with E-state index < -0.39 is 0 Å². The molecule has 0 saturated carbocycles. The van der Waals surface area contributed by atoms with Crippen molar-refractivity contribution in [3.05, 3.63) is 23.8 Å². The van der Waals surface area contributed by atoms with Crippen molar-refractivity contribution in [2.75, 3.05) is 33.9 Å². The topological polar surface area (TPSA) is 48.0 Å². The minimum absolute atomic E-state index is 0.305. The maximum Gasteiger partial charge on any atom is 0.338 e. The number of esters is 1. The number of hydrogen-bond acceptors (Lipinski definition) is 5. The number of benzene rings is 1. The second-order valence-corrected chi connectivity index (χ2v) is 6.70. The van der Waals surface area contributed by atoms with E-state index >= 15 is 0 Å². The summed E-state index contributed by atoms with van der Waals surface area (Å²) in [5.41, 5.74) is 0.475. The van der Waals surface area contributed by atoms with Crippen molar-refractivity contribution in [2.24, 2.45) is 5.92 Å². The summed E-state index contributed by atoms with van der Waals surface area (Å²) in [5.74, 6) is 1.34. The molecule has 3 rings (SSSR count). The Balaban J connectivity index is 1.62. The number of rotatable bonds is 5.